The summed E-state index contributed by atoms with van der Waals surface area (Å²) in [5, 5.41) is 0. The first kappa shape index (κ1) is 13.3. The monoisotopic (exact) mass is 269 g/mol. The van der Waals surface area contributed by atoms with Crippen LogP contribution in [-0.2, 0) is 6.18 Å². The zero-order valence-corrected chi connectivity index (χ0v) is 10.2. The fourth-order valence-electron chi connectivity index (χ4n) is 1.98. The molecule has 0 amide bonds. The van der Waals surface area contributed by atoms with Crippen LogP contribution < -0.4 is 5.56 Å². The Kier molecular flexibility index (Phi) is 3.13. The van der Waals surface area contributed by atoms with Gasteiger partial charge in [0.15, 0.2) is 5.82 Å². The van der Waals surface area contributed by atoms with E-state index in [1.807, 2.05) is 0 Å². The molecule has 0 saturated carbocycles. The molecule has 0 aliphatic heterocycles. The Labute approximate surface area is 106 Å². The van der Waals surface area contributed by atoms with Crippen LogP contribution in [0.4, 0.5) is 13.2 Å². The SMILES string of the molecule is Cc1[nH]c(=O)c(C(F)(F)F)c(C)c1-c1ncccn1. The van der Waals surface area contributed by atoms with Gasteiger partial charge in [0.05, 0.1) is 0 Å². The Morgan fingerprint density at radius 1 is 1.16 bits per heavy atom. The highest BCUT2D eigenvalue weighted by molar-refractivity contribution is 5.64. The Morgan fingerprint density at radius 3 is 2.26 bits per heavy atom. The predicted molar refractivity (Wildman–Crippen MR) is 62.6 cm³/mol. The number of halogens is 3. The van der Waals surface area contributed by atoms with E-state index >= 15 is 0 Å². The summed E-state index contributed by atoms with van der Waals surface area (Å²) in [6, 6.07) is 1.56. The molecule has 19 heavy (non-hydrogen) atoms. The van der Waals surface area contributed by atoms with Crippen LogP contribution in [0.5, 0.6) is 0 Å². The Morgan fingerprint density at radius 2 is 1.74 bits per heavy atom. The second kappa shape index (κ2) is 4.49. The van der Waals surface area contributed by atoms with Crippen LogP contribution >= 0.6 is 0 Å². The molecule has 0 saturated heterocycles. The van der Waals surface area contributed by atoms with Gasteiger partial charge in [0, 0.05) is 23.7 Å². The van der Waals surface area contributed by atoms with Gasteiger partial charge >= 0.3 is 6.18 Å². The summed E-state index contributed by atoms with van der Waals surface area (Å²) in [6.07, 6.45) is -1.85. The van der Waals surface area contributed by atoms with Crippen molar-refractivity contribution in [2.45, 2.75) is 20.0 Å². The van der Waals surface area contributed by atoms with Crippen LogP contribution in [0.2, 0.25) is 0 Å². The van der Waals surface area contributed by atoms with E-state index in [0.717, 1.165) is 0 Å². The van der Waals surface area contributed by atoms with E-state index in [1.165, 1.54) is 26.2 Å². The Bertz CT molecular complexity index is 662. The second-order valence-corrected chi connectivity index (χ2v) is 4.02. The molecule has 0 radical (unpaired) electrons. The molecular weight excluding hydrogens is 259 g/mol. The number of aromatic nitrogens is 3. The van der Waals surface area contributed by atoms with Gasteiger partial charge < -0.3 is 4.98 Å². The summed E-state index contributed by atoms with van der Waals surface area (Å²) in [5.74, 6) is 0.152. The molecule has 100 valence electrons. The minimum absolute atomic E-state index is 0.152. The second-order valence-electron chi connectivity index (χ2n) is 4.02. The fraction of sp³-hybridized carbons (Fsp3) is 0.250. The summed E-state index contributed by atoms with van der Waals surface area (Å²) in [5.41, 5.74) is -2.02. The summed E-state index contributed by atoms with van der Waals surface area (Å²) in [4.78, 5) is 21.5. The van der Waals surface area contributed by atoms with Crippen molar-refractivity contribution in [3.8, 4) is 11.4 Å². The average Bonchev–Trinajstić information content (AvgIpc) is 2.27. The highest BCUT2D eigenvalue weighted by Gasteiger charge is 2.37. The van der Waals surface area contributed by atoms with E-state index in [9.17, 15) is 18.0 Å². The first-order valence-electron chi connectivity index (χ1n) is 5.40. The van der Waals surface area contributed by atoms with Gasteiger partial charge in [-0.05, 0) is 25.5 Å². The van der Waals surface area contributed by atoms with Crippen molar-refractivity contribution >= 4 is 0 Å². The third kappa shape index (κ3) is 2.35. The molecule has 0 aliphatic carbocycles. The molecule has 2 aromatic heterocycles. The van der Waals surface area contributed by atoms with Crippen LogP contribution in [-0.4, -0.2) is 15.0 Å². The molecule has 0 aromatic carbocycles. The minimum atomic E-state index is -4.71. The van der Waals surface area contributed by atoms with Crippen molar-refractivity contribution in [2.24, 2.45) is 0 Å². The van der Waals surface area contributed by atoms with Crippen LogP contribution in [0.25, 0.3) is 11.4 Å². The average molecular weight is 269 g/mol. The fourth-order valence-corrected chi connectivity index (χ4v) is 1.98. The maximum Gasteiger partial charge on any atom is 0.421 e. The molecule has 0 spiro atoms. The van der Waals surface area contributed by atoms with E-state index in [0.29, 0.717) is 5.69 Å². The Balaban J connectivity index is 2.81. The van der Waals surface area contributed by atoms with Crippen LogP contribution in [0, 0.1) is 13.8 Å². The number of H-pyrrole nitrogens is 1. The van der Waals surface area contributed by atoms with Gasteiger partial charge in [0.25, 0.3) is 5.56 Å². The standard InChI is InChI=1S/C12H10F3N3O/c1-6-8(10-16-4-3-5-17-10)7(2)18-11(19)9(6)12(13,14)15/h3-5H,1-2H3,(H,18,19). The Hall–Kier alpha value is -2.18. The molecule has 0 aliphatic rings. The first-order valence-corrected chi connectivity index (χ1v) is 5.40. The lowest BCUT2D eigenvalue weighted by molar-refractivity contribution is -0.139. The van der Waals surface area contributed by atoms with Gasteiger partial charge in [0.2, 0.25) is 0 Å². The van der Waals surface area contributed by atoms with Gasteiger partial charge in [-0.15, -0.1) is 0 Å². The van der Waals surface area contributed by atoms with Crippen molar-refractivity contribution < 1.29 is 13.2 Å². The summed E-state index contributed by atoms with van der Waals surface area (Å²) in [6.45, 7) is 2.76. The molecule has 0 unspecified atom stereocenters. The largest absolute Gasteiger partial charge is 0.421 e. The summed E-state index contributed by atoms with van der Waals surface area (Å²) in [7, 11) is 0. The van der Waals surface area contributed by atoms with Crippen molar-refractivity contribution in [1.82, 2.24) is 15.0 Å². The number of nitrogens with one attached hydrogen (secondary N) is 1. The maximum atomic E-state index is 12.9. The lowest BCUT2D eigenvalue weighted by atomic mass is 10.0. The third-order valence-corrected chi connectivity index (χ3v) is 2.73. The van der Waals surface area contributed by atoms with Gasteiger partial charge in [-0.25, -0.2) is 9.97 Å². The lowest BCUT2D eigenvalue weighted by Crippen LogP contribution is -2.25. The molecular formula is C12H10F3N3O. The molecule has 1 N–H and O–H groups in total. The highest BCUT2D eigenvalue weighted by atomic mass is 19.4. The number of rotatable bonds is 1. The first-order chi connectivity index (χ1) is 8.82. The zero-order valence-electron chi connectivity index (χ0n) is 10.2. The van der Waals surface area contributed by atoms with Crippen LogP contribution in [0.3, 0.4) is 0 Å². The predicted octanol–water partition coefficient (Wildman–Crippen LogP) is 2.47. The van der Waals surface area contributed by atoms with E-state index in [2.05, 4.69) is 15.0 Å². The number of aryl methyl sites for hydroxylation is 1. The number of hydrogen-bond acceptors (Lipinski definition) is 3. The maximum absolute atomic E-state index is 12.9. The number of alkyl halides is 3. The molecule has 0 fully saturated rings. The molecule has 0 bridgehead atoms. The smallest absolute Gasteiger partial charge is 0.325 e. The zero-order chi connectivity index (χ0) is 14.2. The van der Waals surface area contributed by atoms with E-state index < -0.39 is 17.3 Å². The summed E-state index contributed by atoms with van der Waals surface area (Å²) >= 11 is 0. The number of aromatic amines is 1. The number of nitrogens with zero attached hydrogens (tertiary/aromatic N) is 2. The summed E-state index contributed by atoms with van der Waals surface area (Å²) < 4.78 is 38.6. The quantitative estimate of drug-likeness (QED) is 0.865. The van der Waals surface area contributed by atoms with E-state index in [4.69, 9.17) is 0 Å². The van der Waals surface area contributed by atoms with Gasteiger partial charge in [0.1, 0.15) is 5.56 Å². The molecule has 2 aromatic rings. The van der Waals surface area contributed by atoms with Gasteiger partial charge in [-0.2, -0.15) is 13.2 Å². The molecule has 7 heteroatoms. The van der Waals surface area contributed by atoms with Crippen molar-refractivity contribution in [2.75, 3.05) is 0 Å². The normalized spacial score (nSPS) is 11.6. The highest BCUT2D eigenvalue weighted by Crippen LogP contribution is 2.33. The minimum Gasteiger partial charge on any atom is -0.325 e. The number of pyridine rings is 1. The van der Waals surface area contributed by atoms with Crippen molar-refractivity contribution in [3.63, 3.8) is 0 Å². The van der Waals surface area contributed by atoms with Gasteiger partial charge in [-0.3, -0.25) is 4.79 Å². The molecule has 0 atom stereocenters. The lowest BCUT2D eigenvalue weighted by Gasteiger charge is -2.14. The molecule has 2 rings (SSSR count). The topological polar surface area (TPSA) is 58.6 Å². The van der Waals surface area contributed by atoms with Crippen LogP contribution in [0.1, 0.15) is 16.8 Å². The molecule has 4 nitrogen and oxygen atoms in total. The van der Waals surface area contributed by atoms with E-state index in [1.54, 1.807) is 6.07 Å². The van der Waals surface area contributed by atoms with E-state index in [-0.39, 0.29) is 17.0 Å². The van der Waals surface area contributed by atoms with Crippen LogP contribution in [0.15, 0.2) is 23.3 Å². The van der Waals surface area contributed by atoms with Gasteiger partial charge in [-0.1, -0.05) is 0 Å². The van der Waals surface area contributed by atoms with Crippen molar-refractivity contribution in [3.05, 3.63) is 45.6 Å². The number of hydrogen-bond donors (Lipinski definition) is 1. The molecule has 2 heterocycles. The van der Waals surface area contributed by atoms with Crippen molar-refractivity contribution in [1.29, 1.82) is 0 Å². The third-order valence-electron chi connectivity index (χ3n) is 2.73.